The quantitative estimate of drug-likeness (QED) is 0.356. The highest BCUT2D eigenvalue weighted by Gasteiger charge is 2.40. The molecule has 0 aromatic heterocycles. The number of esters is 1. The third-order valence-corrected chi connectivity index (χ3v) is 3.49. The smallest absolute Gasteiger partial charge is 0.330 e. The largest absolute Gasteiger partial charge is 0.455 e. The van der Waals surface area contributed by atoms with E-state index in [0.717, 1.165) is 6.08 Å². The van der Waals surface area contributed by atoms with Crippen LogP contribution >= 0.6 is 0 Å². The lowest BCUT2D eigenvalue weighted by Gasteiger charge is -2.10. The third kappa shape index (κ3) is 2.07. The summed E-state index contributed by atoms with van der Waals surface area (Å²) in [5.74, 6) is -0.641. The van der Waals surface area contributed by atoms with Gasteiger partial charge in [0.25, 0.3) is 10.1 Å². The van der Waals surface area contributed by atoms with Gasteiger partial charge < -0.3 is 4.74 Å². The van der Waals surface area contributed by atoms with Crippen LogP contribution in [-0.4, -0.2) is 32.3 Å². The average molecular weight is 206 g/mol. The van der Waals surface area contributed by atoms with E-state index in [0.29, 0.717) is 0 Å². The van der Waals surface area contributed by atoms with E-state index in [1.165, 1.54) is 6.92 Å². The minimum atomic E-state index is -3.54. The van der Waals surface area contributed by atoms with Gasteiger partial charge in [0.1, 0.15) is 18.0 Å². The topological polar surface area (TPSA) is 69.7 Å². The van der Waals surface area contributed by atoms with Crippen molar-refractivity contribution in [3.05, 3.63) is 12.7 Å². The Bertz CT molecular complexity index is 318. The molecule has 0 amide bonds. The normalized spacial score (nSPS) is 31.2. The molecule has 5 nitrogen and oxygen atoms in total. The molecule has 2 atom stereocenters. The second-order valence-electron chi connectivity index (χ2n) is 2.66. The van der Waals surface area contributed by atoms with Crippen molar-refractivity contribution in [1.29, 1.82) is 0 Å². The minimum absolute atomic E-state index is 0.108. The van der Waals surface area contributed by atoms with Crippen LogP contribution in [0.4, 0.5) is 0 Å². The molecule has 1 heterocycles. The first-order valence-electron chi connectivity index (χ1n) is 3.68. The van der Waals surface area contributed by atoms with Gasteiger partial charge in [0.05, 0.1) is 0 Å². The molecule has 13 heavy (non-hydrogen) atoms. The number of ether oxygens (including phenoxy) is 1. The molecule has 0 spiro atoms. The van der Waals surface area contributed by atoms with E-state index >= 15 is 0 Å². The first kappa shape index (κ1) is 10.2. The van der Waals surface area contributed by atoms with Crippen LogP contribution in [0.5, 0.6) is 0 Å². The molecule has 1 fully saturated rings. The second-order valence-corrected chi connectivity index (χ2v) is 4.63. The van der Waals surface area contributed by atoms with Gasteiger partial charge in [-0.2, -0.15) is 8.42 Å². The molecule has 0 aromatic carbocycles. The van der Waals surface area contributed by atoms with Crippen molar-refractivity contribution in [2.45, 2.75) is 18.3 Å². The fourth-order valence-electron chi connectivity index (χ4n) is 0.918. The molecule has 2 unspecified atom stereocenters. The van der Waals surface area contributed by atoms with E-state index in [9.17, 15) is 13.2 Å². The molecule has 0 N–H and O–H groups in total. The summed E-state index contributed by atoms with van der Waals surface area (Å²) in [6.07, 6.45) is 0.257. The van der Waals surface area contributed by atoms with Crippen molar-refractivity contribution in [1.82, 2.24) is 0 Å². The van der Waals surface area contributed by atoms with Crippen molar-refractivity contribution in [3.63, 3.8) is 0 Å². The molecule has 1 saturated heterocycles. The van der Waals surface area contributed by atoms with Gasteiger partial charge in [-0.05, 0) is 6.92 Å². The molecule has 1 rings (SSSR count). The lowest BCUT2D eigenvalue weighted by atomic mass is 10.3. The Morgan fingerprint density at radius 1 is 1.69 bits per heavy atom. The molecule has 6 heteroatoms. The van der Waals surface area contributed by atoms with Crippen LogP contribution in [0.2, 0.25) is 0 Å². The summed E-state index contributed by atoms with van der Waals surface area (Å²) in [5.41, 5.74) is 0. The van der Waals surface area contributed by atoms with Gasteiger partial charge in [-0.25, -0.2) is 4.79 Å². The Kier molecular flexibility index (Phi) is 2.72. The molecule has 74 valence electrons. The second kappa shape index (κ2) is 3.47. The zero-order chi connectivity index (χ0) is 10.1. The predicted octanol–water partition coefficient (Wildman–Crippen LogP) is -0.167. The minimum Gasteiger partial charge on any atom is -0.455 e. The fourth-order valence-corrected chi connectivity index (χ4v) is 1.96. The van der Waals surface area contributed by atoms with Crippen LogP contribution in [0.3, 0.4) is 0 Å². The summed E-state index contributed by atoms with van der Waals surface area (Å²) in [5, 5.41) is -0.809. The van der Waals surface area contributed by atoms with E-state index in [4.69, 9.17) is 4.74 Å². The summed E-state index contributed by atoms with van der Waals surface area (Å²) >= 11 is 0. The van der Waals surface area contributed by atoms with Gasteiger partial charge in [0.2, 0.25) is 0 Å². The van der Waals surface area contributed by atoms with Gasteiger partial charge in [-0.1, -0.05) is 6.58 Å². The van der Waals surface area contributed by atoms with Gasteiger partial charge in [-0.3, -0.25) is 4.18 Å². The fraction of sp³-hybridized carbons (Fsp3) is 0.571. The van der Waals surface area contributed by atoms with E-state index in [-0.39, 0.29) is 6.61 Å². The van der Waals surface area contributed by atoms with Crippen LogP contribution in [0.1, 0.15) is 6.92 Å². The molecule has 0 bridgehead atoms. The summed E-state index contributed by atoms with van der Waals surface area (Å²) in [4.78, 5) is 10.7. The van der Waals surface area contributed by atoms with Crippen molar-refractivity contribution >= 4 is 16.1 Å². The van der Waals surface area contributed by atoms with Crippen LogP contribution in [-0.2, 0) is 23.8 Å². The summed E-state index contributed by atoms with van der Waals surface area (Å²) in [6, 6.07) is 0. The van der Waals surface area contributed by atoms with Gasteiger partial charge >= 0.3 is 5.97 Å². The lowest BCUT2D eigenvalue weighted by Crippen LogP contribution is -2.28. The maximum atomic E-state index is 11.0. The number of carbonyl (C=O) groups excluding carboxylic acids is 1. The Morgan fingerprint density at radius 3 is 2.69 bits per heavy atom. The first-order valence-corrected chi connectivity index (χ1v) is 5.16. The van der Waals surface area contributed by atoms with Crippen molar-refractivity contribution in [3.8, 4) is 0 Å². The zero-order valence-corrected chi connectivity index (χ0v) is 7.91. The van der Waals surface area contributed by atoms with Crippen molar-refractivity contribution < 1.29 is 22.1 Å². The Labute approximate surface area is 76.5 Å². The highest BCUT2D eigenvalue weighted by Crippen LogP contribution is 2.20. The zero-order valence-electron chi connectivity index (χ0n) is 7.10. The molecule has 0 aliphatic carbocycles. The average Bonchev–Trinajstić information content (AvgIpc) is 2.32. The van der Waals surface area contributed by atoms with Gasteiger partial charge in [-0.15, -0.1) is 0 Å². The lowest BCUT2D eigenvalue weighted by molar-refractivity contribution is -0.143. The van der Waals surface area contributed by atoms with Crippen LogP contribution in [0, 0.1) is 0 Å². The third-order valence-electron chi connectivity index (χ3n) is 1.81. The van der Waals surface area contributed by atoms with E-state index in [1.54, 1.807) is 0 Å². The molecular weight excluding hydrogens is 196 g/mol. The van der Waals surface area contributed by atoms with Gasteiger partial charge in [0.15, 0.2) is 0 Å². The first-order chi connectivity index (χ1) is 5.97. The predicted molar refractivity (Wildman–Crippen MR) is 44.4 cm³/mol. The molecular formula is C7H10O5S. The maximum absolute atomic E-state index is 11.0. The van der Waals surface area contributed by atoms with Crippen LogP contribution in [0.15, 0.2) is 12.7 Å². The highest BCUT2D eigenvalue weighted by atomic mass is 32.2. The number of carbonyl (C=O) groups is 1. The Morgan fingerprint density at radius 2 is 2.31 bits per heavy atom. The molecule has 1 aliphatic heterocycles. The number of rotatable bonds is 2. The van der Waals surface area contributed by atoms with Crippen molar-refractivity contribution in [2.24, 2.45) is 0 Å². The Hall–Kier alpha value is -0.880. The standard InChI is InChI=1S/C7H10O5S/c1-3-7(8)12-6-4-11-13(9,10)5(6)2/h3,5-6H,1,4H2,2H3. The number of hydrogen-bond donors (Lipinski definition) is 0. The van der Waals surface area contributed by atoms with Crippen molar-refractivity contribution in [2.75, 3.05) is 6.61 Å². The molecule has 1 aliphatic rings. The summed E-state index contributed by atoms with van der Waals surface area (Å²) in [7, 11) is -3.54. The highest BCUT2D eigenvalue weighted by molar-refractivity contribution is 7.87. The molecule has 0 saturated carbocycles. The number of hydrogen-bond acceptors (Lipinski definition) is 5. The van der Waals surface area contributed by atoms with Gasteiger partial charge in [0, 0.05) is 6.08 Å². The molecule has 0 aromatic rings. The summed E-state index contributed by atoms with van der Waals surface area (Å²) in [6.45, 7) is 4.53. The van der Waals surface area contributed by atoms with E-state index in [2.05, 4.69) is 10.8 Å². The van der Waals surface area contributed by atoms with Crippen LogP contribution in [0.25, 0.3) is 0 Å². The van der Waals surface area contributed by atoms with E-state index in [1.807, 2.05) is 0 Å². The maximum Gasteiger partial charge on any atom is 0.330 e. The van der Waals surface area contributed by atoms with E-state index < -0.39 is 27.4 Å². The monoisotopic (exact) mass is 206 g/mol. The molecule has 0 radical (unpaired) electrons. The summed E-state index contributed by atoms with van der Waals surface area (Å²) < 4.78 is 31.2. The SMILES string of the molecule is C=CC(=O)OC1COS(=O)(=O)C1C. The Balaban J connectivity index is 2.66. The van der Waals surface area contributed by atoms with Crippen LogP contribution < -0.4 is 0 Å².